The zero-order valence-electron chi connectivity index (χ0n) is 6.99. The first-order chi connectivity index (χ1) is 5.86. The predicted octanol–water partition coefficient (Wildman–Crippen LogP) is 2.13. The van der Waals surface area contributed by atoms with Crippen molar-refractivity contribution in [3.05, 3.63) is 11.1 Å². The van der Waals surface area contributed by atoms with Gasteiger partial charge >= 0.3 is 0 Å². The summed E-state index contributed by atoms with van der Waals surface area (Å²) >= 11 is 5.04. The van der Waals surface area contributed by atoms with Crippen LogP contribution in [-0.4, -0.2) is 14.8 Å². The fourth-order valence-electron chi connectivity index (χ4n) is 1.53. The van der Waals surface area contributed by atoms with E-state index in [-0.39, 0.29) is 0 Å². The maximum Gasteiger partial charge on any atom is 0.194 e. The summed E-state index contributed by atoms with van der Waals surface area (Å²) in [6.45, 7) is 1.03. The van der Waals surface area contributed by atoms with E-state index in [2.05, 4.69) is 10.2 Å². The van der Waals surface area contributed by atoms with Crippen molar-refractivity contribution < 1.29 is 0 Å². The Balaban J connectivity index is 1.86. The first-order valence-electron chi connectivity index (χ1n) is 4.46. The molecule has 1 aliphatic carbocycles. The lowest BCUT2D eigenvalue weighted by Crippen LogP contribution is -2.13. The van der Waals surface area contributed by atoms with Crippen molar-refractivity contribution >= 4 is 12.2 Å². The summed E-state index contributed by atoms with van der Waals surface area (Å²) in [5.41, 5.74) is 0. The van der Waals surface area contributed by atoms with Gasteiger partial charge in [-0.2, -0.15) is 5.10 Å². The lowest BCUT2D eigenvalue weighted by Gasteiger charge is -2.24. The van der Waals surface area contributed by atoms with E-state index >= 15 is 0 Å². The summed E-state index contributed by atoms with van der Waals surface area (Å²) < 4.78 is 2.75. The Hall–Kier alpha value is -0.640. The van der Waals surface area contributed by atoms with Crippen LogP contribution in [0.1, 0.15) is 25.7 Å². The van der Waals surface area contributed by atoms with Crippen LogP contribution in [-0.2, 0) is 6.54 Å². The number of hydrogen-bond donors (Lipinski definition) is 1. The highest BCUT2D eigenvalue weighted by molar-refractivity contribution is 7.71. The molecule has 0 amide bonds. The Labute approximate surface area is 76.8 Å². The second kappa shape index (κ2) is 3.39. The van der Waals surface area contributed by atoms with E-state index in [0.29, 0.717) is 0 Å². The Kier molecular flexibility index (Phi) is 2.26. The summed E-state index contributed by atoms with van der Waals surface area (Å²) in [4.78, 5) is 0. The van der Waals surface area contributed by atoms with Crippen LogP contribution < -0.4 is 0 Å². The molecule has 2 rings (SSSR count). The standard InChI is InChI=1S/C8H13N3S/c12-8-10-9-6-11(8)5-4-7-2-1-3-7/h6-7H,1-5H2,(H,10,12). The van der Waals surface area contributed by atoms with Crippen LogP contribution in [0.25, 0.3) is 0 Å². The molecule has 66 valence electrons. The molecule has 3 nitrogen and oxygen atoms in total. The highest BCUT2D eigenvalue weighted by Crippen LogP contribution is 2.29. The number of aromatic nitrogens is 3. The van der Waals surface area contributed by atoms with Crippen LogP contribution >= 0.6 is 12.2 Å². The van der Waals surface area contributed by atoms with Gasteiger partial charge in [0.05, 0.1) is 0 Å². The SMILES string of the molecule is S=c1[nH]ncn1CCC1CCC1. The zero-order chi connectivity index (χ0) is 8.39. The summed E-state index contributed by atoms with van der Waals surface area (Å²) in [5, 5.41) is 6.63. The minimum atomic E-state index is 0.745. The Morgan fingerprint density at radius 3 is 3.00 bits per heavy atom. The summed E-state index contributed by atoms with van der Waals surface area (Å²) in [7, 11) is 0. The van der Waals surface area contributed by atoms with E-state index < -0.39 is 0 Å². The number of aromatic amines is 1. The molecule has 1 aromatic heterocycles. The van der Waals surface area contributed by atoms with Crippen LogP contribution in [0.5, 0.6) is 0 Å². The Bertz CT molecular complexity index is 297. The van der Waals surface area contributed by atoms with Crippen molar-refractivity contribution in [3.8, 4) is 0 Å². The number of nitrogens with zero attached hydrogens (tertiary/aromatic N) is 2. The smallest absolute Gasteiger partial charge is 0.194 e. The molecule has 0 saturated heterocycles. The molecule has 0 spiro atoms. The van der Waals surface area contributed by atoms with Gasteiger partial charge in [-0.3, -0.25) is 5.10 Å². The third-order valence-electron chi connectivity index (χ3n) is 2.62. The Morgan fingerprint density at radius 2 is 2.50 bits per heavy atom. The largest absolute Gasteiger partial charge is 0.307 e. The maximum atomic E-state index is 5.04. The van der Waals surface area contributed by atoms with E-state index in [1.807, 2.05) is 4.57 Å². The summed E-state index contributed by atoms with van der Waals surface area (Å²) in [5.74, 6) is 0.946. The molecule has 0 aliphatic heterocycles. The van der Waals surface area contributed by atoms with Gasteiger partial charge in [0.25, 0.3) is 0 Å². The average molecular weight is 183 g/mol. The molecule has 1 fully saturated rings. The average Bonchev–Trinajstić information content (AvgIpc) is 2.33. The Morgan fingerprint density at radius 1 is 1.67 bits per heavy atom. The van der Waals surface area contributed by atoms with Crippen molar-refractivity contribution in [2.75, 3.05) is 0 Å². The van der Waals surface area contributed by atoms with Crippen molar-refractivity contribution in [1.29, 1.82) is 0 Å². The second-order valence-corrected chi connectivity index (χ2v) is 3.83. The van der Waals surface area contributed by atoms with Gasteiger partial charge < -0.3 is 4.57 Å². The summed E-state index contributed by atoms with van der Waals surface area (Å²) in [6.07, 6.45) is 7.27. The first-order valence-corrected chi connectivity index (χ1v) is 4.87. The number of hydrogen-bond acceptors (Lipinski definition) is 2. The quantitative estimate of drug-likeness (QED) is 0.728. The predicted molar refractivity (Wildman–Crippen MR) is 49.4 cm³/mol. The van der Waals surface area contributed by atoms with Crippen LogP contribution in [0.3, 0.4) is 0 Å². The zero-order valence-corrected chi connectivity index (χ0v) is 7.81. The van der Waals surface area contributed by atoms with Crippen molar-refractivity contribution in [3.63, 3.8) is 0 Å². The molecule has 1 aromatic rings. The monoisotopic (exact) mass is 183 g/mol. The van der Waals surface area contributed by atoms with E-state index in [1.165, 1.54) is 25.7 Å². The van der Waals surface area contributed by atoms with Gasteiger partial charge in [-0.25, -0.2) is 0 Å². The van der Waals surface area contributed by atoms with Crippen molar-refractivity contribution in [1.82, 2.24) is 14.8 Å². The molecule has 1 heterocycles. The molecule has 0 bridgehead atoms. The lowest BCUT2D eigenvalue weighted by atomic mass is 9.83. The lowest BCUT2D eigenvalue weighted by molar-refractivity contribution is 0.282. The molecule has 0 radical (unpaired) electrons. The van der Waals surface area contributed by atoms with Gasteiger partial charge in [0.1, 0.15) is 6.33 Å². The molecule has 0 atom stereocenters. The third kappa shape index (κ3) is 1.58. The topological polar surface area (TPSA) is 33.6 Å². The van der Waals surface area contributed by atoms with E-state index in [4.69, 9.17) is 12.2 Å². The van der Waals surface area contributed by atoms with E-state index in [9.17, 15) is 0 Å². The highest BCUT2D eigenvalue weighted by Gasteiger charge is 2.16. The molecular weight excluding hydrogens is 170 g/mol. The molecule has 0 unspecified atom stereocenters. The minimum Gasteiger partial charge on any atom is -0.307 e. The van der Waals surface area contributed by atoms with Crippen LogP contribution in [0.4, 0.5) is 0 Å². The molecule has 0 aromatic carbocycles. The second-order valence-electron chi connectivity index (χ2n) is 3.44. The van der Waals surface area contributed by atoms with Gasteiger partial charge in [-0.1, -0.05) is 19.3 Å². The molecule has 1 N–H and O–H groups in total. The fraction of sp³-hybridized carbons (Fsp3) is 0.750. The van der Waals surface area contributed by atoms with Gasteiger partial charge in [-0.15, -0.1) is 0 Å². The van der Waals surface area contributed by atoms with Gasteiger partial charge in [0, 0.05) is 6.54 Å². The van der Waals surface area contributed by atoms with Gasteiger partial charge in [-0.05, 0) is 24.6 Å². The van der Waals surface area contributed by atoms with Crippen molar-refractivity contribution in [2.24, 2.45) is 5.92 Å². The molecular formula is C8H13N3S. The van der Waals surface area contributed by atoms with E-state index in [1.54, 1.807) is 6.33 Å². The van der Waals surface area contributed by atoms with Gasteiger partial charge in [0.15, 0.2) is 4.77 Å². The van der Waals surface area contributed by atoms with Gasteiger partial charge in [0.2, 0.25) is 0 Å². The highest BCUT2D eigenvalue weighted by atomic mass is 32.1. The van der Waals surface area contributed by atoms with Crippen LogP contribution in [0.15, 0.2) is 6.33 Å². The van der Waals surface area contributed by atoms with Crippen LogP contribution in [0, 0.1) is 10.7 Å². The summed E-state index contributed by atoms with van der Waals surface area (Å²) in [6, 6.07) is 0. The number of H-pyrrole nitrogens is 1. The third-order valence-corrected chi connectivity index (χ3v) is 2.95. The number of nitrogens with one attached hydrogen (secondary N) is 1. The molecule has 12 heavy (non-hydrogen) atoms. The first kappa shape index (κ1) is 7.98. The normalized spacial score (nSPS) is 17.7. The number of aryl methyl sites for hydroxylation is 1. The van der Waals surface area contributed by atoms with Crippen LogP contribution in [0.2, 0.25) is 0 Å². The van der Waals surface area contributed by atoms with Crippen molar-refractivity contribution in [2.45, 2.75) is 32.2 Å². The van der Waals surface area contributed by atoms with E-state index in [0.717, 1.165) is 17.2 Å². The minimum absolute atomic E-state index is 0.745. The molecule has 1 saturated carbocycles. The fourth-order valence-corrected chi connectivity index (χ4v) is 1.72. The molecule has 1 aliphatic rings. The maximum absolute atomic E-state index is 5.04. The number of rotatable bonds is 3. The molecule has 4 heteroatoms.